The highest BCUT2D eigenvalue weighted by molar-refractivity contribution is 6.19. The summed E-state index contributed by atoms with van der Waals surface area (Å²) in [7, 11) is 0. The van der Waals surface area contributed by atoms with Crippen molar-refractivity contribution >= 4 is 76.2 Å². The Hall–Kier alpha value is -8.61. The molecule has 6 heteroatoms. The number of nitrogens with zero attached hydrogens (tertiary/aromatic N) is 5. The molecule has 0 amide bonds. The Morgan fingerprint density at radius 1 is 0.381 bits per heavy atom. The molecule has 0 saturated carbocycles. The number of pyridine rings is 3. The minimum absolute atomic E-state index is 0.140. The second-order valence-electron chi connectivity index (χ2n) is 16.1. The molecule has 13 rings (SSSR count). The van der Waals surface area contributed by atoms with Crippen LogP contribution < -0.4 is 5.56 Å². The highest BCUT2D eigenvalue weighted by atomic mass is 16.1. The van der Waals surface area contributed by atoms with Crippen molar-refractivity contribution in [2.45, 2.75) is 0 Å². The number of para-hydroxylation sites is 3. The highest BCUT2D eigenvalue weighted by Crippen LogP contribution is 2.41. The predicted octanol–water partition coefficient (Wildman–Crippen LogP) is 13.6. The fourth-order valence-corrected chi connectivity index (χ4v) is 9.90. The summed E-state index contributed by atoms with van der Waals surface area (Å²) in [4.78, 5) is 25.3. The van der Waals surface area contributed by atoms with E-state index in [1.54, 1.807) is 10.8 Å². The minimum Gasteiger partial charge on any atom is -0.309 e. The quantitative estimate of drug-likeness (QED) is 0.163. The van der Waals surface area contributed by atoms with Gasteiger partial charge >= 0.3 is 0 Å². The van der Waals surface area contributed by atoms with Crippen molar-refractivity contribution in [1.29, 1.82) is 0 Å². The van der Waals surface area contributed by atoms with E-state index in [0.717, 1.165) is 66.3 Å². The van der Waals surface area contributed by atoms with Gasteiger partial charge in [0.25, 0.3) is 5.56 Å². The summed E-state index contributed by atoms with van der Waals surface area (Å²) in [6.07, 6.45) is 1.80. The summed E-state index contributed by atoms with van der Waals surface area (Å²) in [5.41, 5.74) is 11.4. The Morgan fingerprint density at radius 2 is 0.968 bits per heavy atom. The van der Waals surface area contributed by atoms with Crippen LogP contribution in [0.4, 0.5) is 0 Å². The van der Waals surface area contributed by atoms with Gasteiger partial charge in [-0.1, -0.05) is 133 Å². The van der Waals surface area contributed by atoms with Crippen molar-refractivity contribution in [2.24, 2.45) is 0 Å². The van der Waals surface area contributed by atoms with Crippen LogP contribution in [0.5, 0.6) is 0 Å². The van der Waals surface area contributed by atoms with Gasteiger partial charge in [-0.05, 0) is 89.3 Å². The maximum Gasteiger partial charge on any atom is 0.265 e. The molecular formula is C57H35N5O. The maximum absolute atomic E-state index is 14.9. The van der Waals surface area contributed by atoms with Gasteiger partial charge in [-0.15, -0.1) is 0 Å². The lowest BCUT2D eigenvalue weighted by atomic mass is 10.00. The van der Waals surface area contributed by atoms with Crippen molar-refractivity contribution < 1.29 is 0 Å². The molecule has 0 saturated heterocycles. The lowest BCUT2D eigenvalue weighted by molar-refractivity contribution is 1.05. The zero-order chi connectivity index (χ0) is 41.6. The van der Waals surface area contributed by atoms with Crippen LogP contribution >= 0.6 is 0 Å². The first-order valence-corrected chi connectivity index (χ1v) is 21.2. The molecule has 0 aliphatic carbocycles. The summed E-state index contributed by atoms with van der Waals surface area (Å²) < 4.78 is 6.41. The van der Waals surface area contributed by atoms with Crippen LogP contribution in [0.15, 0.2) is 217 Å². The van der Waals surface area contributed by atoms with Crippen molar-refractivity contribution in [2.75, 3.05) is 0 Å². The molecule has 0 aliphatic rings. The summed E-state index contributed by atoms with van der Waals surface area (Å²) in [5.74, 6) is 0.714. The van der Waals surface area contributed by atoms with Crippen molar-refractivity contribution in [3.63, 3.8) is 0 Å². The van der Waals surface area contributed by atoms with E-state index >= 15 is 0 Å². The molecule has 0 aliphatic heterocycles. The average molecular weight is 806 g/mol. The first-order chi connectivity index (χ1) is 31.2. The molecule has 0 N–H and O–H groups in total. The van der Waals surface area contributed by atoms with Gasteiger partial charge in [-0.25, -0.2) is 4.98 Å². The van der Waals surface area contributed by atoms with Crippen LogP contribution in [0.3, 0.4) is 0 Å². The molecule has 8 aromatic carbocycles. The number of aromatic nitrogens is 5. The smallest absolute Gasteiger partial charge is 0.265 e. The second-order valence-corrected chi connectivity index (χ2v) is 16.1. The minimum atomic E-state index is -0.140. The van der Waals surface area contributed by atoms with E-state index in [0.29, 0.717) is 16.9 Å². The number of benzene rings is 8. The van der Waals surface area contributed by atoms with Gasteiger partial charge in [-0.2, -0.15) is 0 Å². The maximum atomic E-state index is 14.9. The lowest BCUT2D eigenvalue weighted by Gasteiger charge is -2.17. The van der Waals surface area contributed by atoms with Crippen LogP contribution in [0.1, 0.15) is 0 Å². The molecule has 63 heavy (non-hydrogen) atoms. The molecule has 294 valence electrons. The predicted molar refractivity (Wildman–Crippen MR) is 260 cm³/mol. The Bertz CT molecular complexity index is 4040. The summed E-state index contributed by atoms with van der Waals surface area (Å²) >= 11 is 0. The number of fused-ring (bicyclic) bond motifs is 11. The Labute approximate surface area is 360 Å². The van der Waals surface area contributed by atoms with Crippen LogP contribution in [-0.2, 0) is 0 Å². The molecule has 0 bridgehead atoms. The number of hydrogen-bond acceptors (Lipinski definition) is 3. The van der Waals surface area contributed by atoms with Gasteiger partial charge in [0.15, 0.2) is 0 Å². The second kappa shape index (κ2) is 13.7. The zero-order valence-electron chi connectivity index (χ0n) is 33.9. The van der Waals surface area contributed by atoms with E-state index in [4.69, 9.17) is 9.97 Å². The summed E-state index contributed by atoms with van der Waals surface area (Å²) in [5, 5.41) is 8.40. The summed E-state index contributed by atoms with van der Waals surface area (Å²) in [6.45, 7) is 0. The third kappa shape index (κ3) is 5.28. The normalized spacial score (nSPS) is 11.9. The van der Waals surface area contributed by atoms with Gasteiger partial charge < -0.3 is 4.57 Å². The molecular weight excluding hydrogens is 771 g/mol. The molecule has 0 unspecified atom stereocenters. The van der Waals surface area contributed by atoms with E-state index in [-0.39, 0.29) is 5.56 Å². The van der Waals surface area contributed by atoms with Gasteiger partial charge in [0.2, 0.25) is 0 Å². The number of hydrogen-bond donors (Lipinski definition) is 0. The van der Waals surface area contributed by atoms with Crippen molar-refractivity contribution in [1.82, 2.24) is 23.7 Å². The third-order valence-electron chi connectivity index (χ3n) is 12.7. The molecule has 0 spiro atoms. The van der Waals surface area contributed by atoms with Gasteiger partial charge in [0.1, 0.15) is 5.82 Å². The van der Waals surface area contributed by atoms with E-state index in [9.17, 15) is 4.79 Å². The fraction of sp³-hybridized carbons (Fsp3) is 0. The van der Waals surface area contributed by atoms with Gasteiger partial charge in [-0.3, -0.25) is 18.9 Å². The average Bonchev–Trinajstić information content (AvgIpc) is 3.87. The van der Waals surface area contributed by atoms with E-state index in [2.05, 4.69) is 137 Å². The van der Waals surface area contributed by atoms with Gasteiger partial charge in [0, 0.05) is 55.5 Å². The molecule has 0 atom stereocenters. The largest absolute Gasteiger partial charge is 0.309 e. The third-order valence-corrected chi connectivity index (χ3v) is 12.7. The van der Waals surface area contributed by atoms with Crippen molar-refractivity contribution in [3.05, 3.63) is 223 Å². The standard InChI is InChI=1S/C57H35N5O/c63-57-53-47(55-51(25-14-32-58-55)61(57)41-20-8-3-9-21-41)35-52(59-54(53)37-16-4-1-5-17-37)62-48-24-13-12-23-43(48)45-33-38(28-31-50(45)62)39-27-30-49-46(34-39)44-29-26-36-15-10-11-22-42(36)56(44)60(49)40-18-6-2-7-19-40/h1-35H. The molecule has 5 aromatic heterocycles. The molecule has 0 fully saturated rings. The number of rotatable bonds is 5. The van der Waals surface area contributed by atoms with E-state index < -0.39 is 0 Å². The lowest BCUT2D eigenvalue weighted by Crippen LogP contribution is -2.21. The van der Waals surface area contributed by atoms with Crippen LogP contribution in [-0.4, -0.2) is 23.7 Å². The summed E-state index contributed by atoms with van der Waals surface area (Å²) in [6, 6.07) is 71.7. The Balaban J connectivity index is 1.05. The monoisotopic (exact) mass is 805 g/mol. The van der Waals surface area contributed by atoms with E-state index in [1.165, 1.54) is 32.6 Å². The van der Waals surface area contributed by atoms with E-state index in [1.807, 2.05) is 78.9 Å². The van der Waals surface area contributed by atoms with Gasteiger partial charge in [0.05, 0.1) is 44.2 Å². The Morgan fingerprint density at radius 3 is 1.71 bits per heavy atom. The molecule has 5 heterocycles. The van der Waals surface area contributed by atoms with Crippen molar-refractivity contribution in [3.8, 4) is 39.6 Å². The molecule has 6 nitrogen and oxygen atoms in total. The zero-order valence-corrected chi connectivity index (χ0v) is 33.9. The fourth-order valence-electron chi connectivity index (χ4n) is 9.90. The topological polar surface area (TPSA) is 57.6 Å². The molecule has 0 radical (unpaired) electrons. The molecule has 13 aromatic rings. The van der Waals surface area contributed by atoms with Crippen LogP contribution in [0, 0.1) is 0 Å². The van der Waals surface area contributed by atoms with Crippen LogP contribution in [0.25, 0.3) is 116 Å². The first-order valence-electron chi connectivity index (χ1n) is 21.2. The van der Waals surface area contributed by atoms with Crippen LogP contribution in [0.2, 0.25) is 0 Å². The Kier molecular flexibility index (Phi) is 7.65. The highest BCUT2D eigenvalue weighted by Gasteiger charge is 2.23. The first kappa shape index (κ1) is 35.2. The SMILES string of the molecule is O=c1c2c(-c3ccccc3)nc(-n3c4ccccc4c4cc(-c5ccc6c(c5)c5ccc7ccccc7c5n6-c5ccccc5)ccc43)cc2c2ncccc2n1-c1ccccc1.